The van der Waals surface area contributed by atoms with Crippen LogP contribution in [0.1, 0.15) is 24.8 Å². The van der Waals surface area contributed by atoms with E-state index < -0.39 is 0 Å². The van der Waals surface area contributed by atoms with Gasteiger partial charge in [0.1, 0.15) is 0 Å². The van der Waals surface area contributed by atoms with Crippen LogP contribution < -0.4 is 10.6 Å². The first-order chi connectivity index (χ1) is 13.3. The largest absolute Gasteiger partial charge is 0.385 e. The van der Waals surface area contributed by atoms with Gasteiger partial charge in [-0.05, 0) is 38.3 Å². The van der Waals surface area contributed by atoms with Gasteiger partial charge in [-0.2, -0.15) is 0 Å². The van der Waals surface area contributed by atoms with Crippen LogP contribution in [0.2, 0.25) is 0 Å². The van der Waals surface area contributed by atoms with E-state index in [2.05, 4.69) is 51.8 Å². The highest BCUT2D eigenvalue weighted by Crippen LogP contribution is 2.00. The molecule has 0 fully saturated rings. The van der Waals surface area contributed by atoms with Crippen molar-refractivity contribution in [1.82, 2.24) is 15.5 Å². The van der Waals surface area contributed by atoms with Crippen LogP contribution in [-0.4, -0.2) is 78.1 Å². The number of nitrogens with one attached hydrogen (secondary N) is 2. The lowest BCUT2D eigenvalue weighted by Crippen LogP contribution is -2.41. The summed E-state index contributed by atoms with van der Waals surface area (Å²) >= 11 is 0. The molecule has 0 spiro atoms. The predicted molar refractivity (Wildman–Crippen MR) is 129 cm³/mol. The standard InChI is InChI=1S/C21H38N4O2.HI/c1-22-21(24-14-16-25(2)15-9-17-26-3)23-13-7-8-18-27-19-12-20-10-5-4-6-11-20;/h4-6,10-11H,7-9,12-19H2,1-3H3,(H2,22,23,24);1H. The van der Waals surface area contributed by atoms with E-state index in [1.807, 2.05) is 13.1 Å². The van der Waals surface area contributed by atoms with Crippen molar-refractivity contribution in [1.29, 1.82) is 0 Å². The molecular formula is C21H39IN4O2. The molecule has 0 saturated carbocycles. The minimum Gasteiger partial charge on any atom is -0.385 e. The van der Waals surface area contributed by atoms with Gasteiger partial charge in [0.25, 0.3) is 0 Å². The Morgan fingerprint density at radius 3 is 2.43 bits per heavy atom. The van der Waals surface area contributed by atoms with Crippen LogP contribution in [0.3, 0.4) is 0 Å². The number of guanidine groups is 1. The quantitative estimate of drug-likeness (QED) is 0.166. The highest BCUT2D eigenvalue weighted by atomic mass is 127. The number of likely N-dealkylation sites (N-methyl/N-ethyl adjacent to an activating group) is 1. The van der Waals surface area contributed by atoms with Gasteiger partial charge in [-0.1, -0.05) is 30.3 Å². The lowest BCUT2D eigenvalue weighted by Gasteiger charge is -2.18. The first-order valence-corrected chi connectivity index (χ1v) is 10.00. The van der Waals surface area contributed by atoms with Crippen molar-refractivity contribution >= 4 is 29.9 Å². The van der Waals surface area contributed by atoms with Crippen LogP contribution in [0.15, 0.2) is 35.3 Å². The summed E-state index contributed by atoms with van der Waals surface area (Å²) in [6.45, 7) is 6.24. The summed E-state index contributed by atoms with van der Waals surface area (Å²) in [5.74, 6) is 0.866. The Kier molecular flexibility index (Phi) is 18.8. The Balaban J connectivity index is 0.00000729. The molecule has 1 aromatic rings. The van der Waals surface area contributed by atoms with Crippen LogP contribution in [0.25, 0.3) is 0 Å². The van der Waals surface area contributed by atoms with E-state index >= 15 is 0 Å². The fraction of sp³-hybridized carbons (Fsp3) is 0.667. The lowest BCUT2D eigenvalue weighted by atomic mass is 10.2. The van der Waals surface area contributed by atoms with Gasteiger partial charge in [-0.15, -0.1) is 24.0 Å². The number of ether oxygens (including phenoxy) is 2. The molecule has 0 amide bonds. The Morgan fingerprint density at radius 1 is 0.964 bits per heavy atom. The molecule has 0 aliphatic rings. The highest BCUT2D eigenvalue weighted by molar-refractivity contribution is 14.0. The van der Waals surface area contributed by atoms with Crippen molar-refractivity contribution < 1.29 is 9.47 Å². The third-order valence-corrected chi connectivity index (χ3v) is 4.28. The number of halogens is 1. The van der Waals surface area contributed by atoms with Gasteiger partial charge < -0.3 is 25.0 Å². The van der Waals surface area contributed by atoms with E-state index in [-0.39, 0.29) is 24.0 Å². The molecule has 0 heterocycles. The third-order valence-electron chi connectivity index (χ3n) is 4.28. The molecule has 0 radical (unpaired) electrons. The summed E-state index contributed by atoms with van der Waals surface area (Å²) in [5.41, 5.74) is 1.33. The Hall–Kier alpha value is -0.900. The average Bonchev–Trinajstić information content (AvgIpc) is 2.69. The first kappa shape index (κ1) is 27.1. The second-order valence-corrected chi connectivity index (χ2v) is 6.63. The fourth-order valence-electron chi connectivity index (χ4n) is 2.65. The number of methoxy groups -OCH3 is 1. The Bertz CT molecular complexity index is 489. The van der Waals surface area contributed by atoms with Crippen molar-refractivity contribution in [3.8, 4) is 0 Å². The summed E-state index contributed by atoms with van der Waals surface area (Å²) in [6.07, 6.45) is 4.17. The summed E-state index contributed by atoms with van der Waals surface area (Å²) in [5, 5.41) is 6.71. The number of hydrogen-bond donors (Lipinski definition) is 2. The van der Waals surface area contributed by atoms with Gasteiger partial charge in [0.05, 0.1) is 6.61 Å². The van der Waals surface area contributed by atoms with Crippen LogP contribution in [0.4, 0.5) is 0 Å². The zero-order valence-corrected chi connectivity index (χ0v) is 20.1. The Labute approximate surface area is 188 Å². The maximum Gasteiger partial charge on any atom is 0.191 e. The normalized spacial score (nSPS) is 11.4. The Morgan fingerprint density at radius 2 is 1.71 bits per heavy atom. The van der Waals surface area contributed by atoms with Gasteiger partial charge in [0.15, 0.2) is 5.96 Å². The molecule has 0 aromatic heterocycles. The monoisotopic (exact) mass is 506 g/mol. The molecule has 0 bridgehead atoms. The molecule has 1 rings (SSSR count). The molecule has 0 saturated heterocycles. The third kappa shape index (κ3) is 15.1. The number of unbranched alkanes of at least 4 members (excludes halogenated alkanes) is 1. The van der Waals surface area contributed by atoms with E-state index in [9.17, 15) is 0 Å². The van der Waals surface area contributed by atoms with Crippen LogP contribution >= 0.6 is 24.0 Å². The number of aliphatic imine (C=N–C) groups is 1. The van der Waals surface area contributed by atoms with Gasteiger partial charge in [-0.3, -0.25) is 4.99 Å². The molecule has 0 aliphatic carbocycles. The summed E-state index contributed by atoms with van der Waals surface area (Å²) in [6, 6.07) is 10.5. The molecule has 6 nitrogen and oxygen atoms in total. The topological polar surface area (TPSA) is 58.1 Å². The van der Waals surface area contributed by atoms with Crippen LogP contribution in [0, 0.1) is 0 Å². The van der Waals surface area contributed by atoms with E-state index in [0.29, 0.717) is 0 Å². The second kappa shape index (κ2) is 19.4. The van der Waals surface area contributed by atoms with Gasteiger partial charge in [-0.25, -0.2) is 0 Å². The predicted octanol–water partition coefficient (Wildman–Crippen LogP) is 2.78. The van der Waals surface area contributed by atoms with Crippen LogP contribution in [-0.2, 0) is 15.9 Å². The zero-order valence-electron chi connectivity index (χ0n) is 17.8. The number of rotatable bonds is 15. The number of benzene rings is 1. The first-order valence-electron chi connectivity index (χ1n) is 10.00. The van der Waals surface area contributed by atoms with Crippen molar-refractivity contribution in [2.24, 2.45) is 4.99 Å². The van der Waals surface area contributed by atoms with Crippen molar-refractivity contribution in [3.05, 3.63) is 35.9 Å². The van der Waals surface area contributed by atoms with Gasteiger partial charge in [0, 0.05) is 53.6 Å². The molecule has 2 N–H and O–H groups in total. The summed E-state index contributed by atoms with van der Waals surface area (Å²) < 4.78 is 10.8. The second-order valence-electron chi connectivity index (χ2n) is 6.63. The van der Waals surface area contributed by atoms with E-state index in [0.717, 1.165) is 77.6 Å². The van der Waals surface area contributed by atoms with Gasteiger partial charge in [0.2, 0.25) is 0 Å². The lowest BCUT2D eigenvalue weighted by molar-refractivity contribution is 0.133. The van der Waals surface area contributed by atoms with E-state index in [1.54, 1.807) is 7.11 Å². The minimum atomic E-state index is 0. The molecule has 1 aromatic carbocycles. The molecule has 162 valence electrons. The average molecular weight is 506 g/mol. The molecule has 7 heteroatoms. The van der Waals surface area contributed by atoms with Crippen molar-refractivity contribution in [2.45, 2.75) is 25.7 Å². The number of nitrogens with zero attached hydrogens (tertiary/aromatic N) is 2. The molecule has 0 aliphatic heterocycles. The summed E-state index contributed by atoms with van der Waals surface area (Å²) in [4.78, 5) is 6.56. The molecular weight excluding hydrogens is 467 g/mol. The van der Waals surface area contributed by atoms with E-state index in [1.165, 1.54) is 5.56 Å². The number of hydrogen-bond acceptors (Lipinski definition) is 4. The maximum atomic E-state index is 5.71. The molecule has 28 heavy (non-hydrogen) atoms. The minimum absolute atomic E-state index is 0. The fourth-order valence-corrected chi connectivity index (χ4v) is 2.65. The summed E-state index contributed by atoms with van der Waals surface area (Å²) in [7, 11) is 5.68. The van der Waals surface area contributed by atoms with Crippen molar-refractivity contribution in [3.63, 3.8) is 0 Å². The smallest absolute Gasteiger partial charge is 0.191 e. The highest BCUT2D eigenvalue weighted by Gasteiger charge is 2.00. The van der Waals surface area contributed by atoms with Gasteiger partial charge >= 0.3 is 0 Å². The molecule has 0 unspecified atom stereocenters. The molecule has 0 atom stereocenters. The van der Waals surface area contributed by atoms with E-state index in [4.69, 9.17) is 9.47 Å². The van der Waals surface area contributed by atoms with Crippen LogP contribution in [0.5, 0.6) is 0 Å². The maximum absolute atomic E-state index is 5.71. The van der Waals surface area contributed by atoms with Crippen molar-refractivity contribution in [2.75, 3.05) is 67.2 Å². The SMILES string of the molecule is CN=C(NCCCCOCCc1ccccc1)NCCN(C)CCCOC.I. The zero-order chi connectivity index (χ0) is 19.6.